The van der Waals surface area contributed by atoms with Crippen LogP contribution >= 0.6 is 0 Å². The third-order valence-electron chi connectivity index (χ3n) is 4.47. The lowest BCUT2D eigenvalue weighted by Crippen LogP contribution is -2.51. The smallest absolute Gasteiger partial charge is 0.172 e. The first-order chi connectivity index (χ1) is 10.1. The van der Waals surface area contributed by atoms with E-state index in [0.29, 0.717) is 25.6 Å². The molecule has 1 spiro atoms. The molecule has 2 unspecified atom stereocenters. The first-order valence-corrected chi connectivity index (χ1v) is 7.88. The van der Waals surface area contributed by atoms with E-state index in [1.165, 1.54) is 5.56 Å². The van der Waals surface area contributed by atoms with Crippen LogP contribution in [-0.4, -0.2) is 31.1 Å². The second-order valence-electron chi connectivity index (χ2n) is 6.40. The fourth-order valence-electron chi connectivity index (χ4n) is 3.14. The van der Waals surface area contributed by atoms with Gasteiger partial charge in [0.1, 0.15) is 11.9 Å². The molecule has 0 aromatic heterocycles. The first-order valence-electron chi connectivity index (χ1n) is 7.88. The topological polar surface area (TPSA) is 53.7 Å². The molecule has 4 nitrogen and oxygen atoms in total. The van der Waals surface area contributed by atoms with Crippen molar-refractivity contribution >= 4 is 0 Å². The molecular weight excluding hydrogens is 266 g/mol. The molecule has 1 saturated carbocycles. The number of hydrogen-bond acceptors (Lipinski definition) is 4. The summed E-state index contributed by atoms with van der Waals surface area (Å²) in [6.45, 7) is 5.71. The van der Waals surface area contributed by atoms with Gasteiger partial charge < -0.3 is 19.9 Å². The van der Waals surface area contributed by atoms with E-state index in [4.69, 9.17) is 19.9 Å². The van der Waals surface area contributed by atoms with Crippen molar-refractivity contribution in [1.82, 2.24) is 0 Å². The van der Waals surface area contributed by atoms with Crippen molar-refractivity contribution in [2.45, 2.75) is 57.0 Å². The zero-order valence-corrected chi connectivity index (χ0v) is 12.9. The van der Waals surface area contributed by atoms with Crippen molar-refractivity contribution in [3.63, 3.8) is 0 Å². The summed E-state index contributed by atoms with van der Waals surface area (Å²) in [4.78, 5) is 0. The average Bonchev–Trinajstić information content (AvgIpc) is 2.92. The van der Waals surface area contributed by atoms with Crippen molar-refractivity contribution < 1.29 is 14.2 Å². The lowest BCUT2D eigenvalue weighted by Gasteiger charge is -2.39. The van der Waals surface area contributed by atoms with Gasteiger partial charge in [0.15, 0.2) is 5.79 Å². The predicted molar refractivity (Wildman–Crippen MR) is 81.4 cm³/mol. The summed E-state index contributed by atoms with van der Waals surface area (Å²) in [5.41, 5.74) is 7.52. The molecular formula is C17H25NO3. The Morgan fingerprint density at radius 1 is 1.29 bits per heavy atom. The van der Waals surface area contributed by atoms with Crippen LogP contribution in [0.3, 0.4) is 0 Å². The summed E-state index contributed by atoms with van der Waals surface area (Å²) in [6.07, 6.45) is 2.38. The SMILES string of the molecule is CC(C)c1cccc(OC2CC3(CCC2N)OCCO3)c1. The molecule has 1 aromatic carbocycles. The Balaban J connectivity index is 1.72. The molecule has 2 N–H and O–H groups in total. The Kier molecular flexibility index (Phi) is 4.20. The summed E-state index contributed by atoms with van der Waals surface area (Å²) in [5.74, 6) is 0.911. The van der Waals surface area contributed by atoms with Gasteiger partial charge >= 0.3 is 0 Å². The van der Waals surface area contributed by atoms with Crippen LogP contribution in [0.1, 0.15) is 44.6 Å². The minimum Gasteiger partial charge on any atom is -0.489 e. The van der Waals surface area contributed by atoms with E-state index in [-0.39, 0.29) is 12.1 Å². The Hall–Kier alpha value is -1.10. The Morgan fingerprint density at radius 2 is 2.05 bits per heavy atom. The highest BCUT2D eigenvalue weighted by atomic mass is 16.7. The molecule has 1 aliphatic heterocycles. The van der Waals surface area contributed by atoms with Gasteiger partial charge in [-0.25, -0.2) is 0 Å². The van der Waals surface area contributed by atoms with Crippen LogP contribution in [0.15, 0.2) is 24.3 Å². The van der Waals surface area contributed by atoms with Gasteiger partial charge in [-0.05, 0) is 30.0 Å². The molecule has 1 heterocycles. The van der Waals surface area contributed by atoms with Crippen LogP contribution in [0.4, 0.5) is 0 Å². The van der Waals surface area contributed by atoms with E-state index in [9.17, 15) is 0 Å². The number of nitrogens with two attached hydrogens (primary N) is 1. The van der Waals surface area contributed by atoms with Crippen LogP contribution in [0, 0.1) is 0 Å². The summed E-state index contributed by atoms with van der Waals surface area (Å²) in [7, 11) is 0. The lowest BCUT2D eigenvalue weighted by molar-refractivity contribution is -0.195. The van der Waals surface area contributed by atoms with Gasteiger partial charge in [-0.2, -0.15) is 0 Å². The molecule has 1 aliphatic carbocycles. The third-order valence-corrected chi connectivity index (χ3v) is 4.47. The second kappa shape index (κ2) is 5.95. The van der Waals surface area contributed by atoms with E-state index >= 15 is 0 Å². The normalized spacial score (nSPS) is 28.2. The molecule has 116 valence electrons. The molecule has 3 rings (SSSR count). The maximum atomic E-state index is 6.24. The fourth-order valence-corrected chi connectivity index (χ4v) is 3.14. The minimum atomic E-state index is -0.462. The minimum absolute atomic E-state index is 0.0335. The van der Waals surface area contributed by atoms with Crippen LogP contribution in [0.5, 0.6) is 5.75 Å². The maximum absolute atomic E-state index is 6.24. The van der Waals surface area contributed by atoms with Crippen LogP contribution in [0.2, 0.25) is 0 Å². The third kappa shape index (κ3) is 3.23. The highest BCUT2D eigenvalue weighted by Crippen LogP contribution is 2.37. The van der Waals surface area contributed by atoms with Crippen molar-refractivity contribution in [1.29, 1.82) is 0 Å². The monoisotopic (exact) mass is 291 g/mol. The van der Waals surface area contributed by atoms with Gasteiger partial charge in [-0.1, -0.05) is 26.0 Å². The summed E-state index contributed by atoms with van der Waals surface area (Å²) in [6, 6.07) is 8.30. The molecule has 2 aliphatic rings. The van der Waals surface area contributed by atoms with Crippen molar-refractivity contribution in [2.75, 3.05) is 13.2 Å². The summed E-state index contributed by atoms with van der Waals surface area (Å²) >= 11 is 0. The van der Waals surface area contributed by atoms with E-state index in [1.54, 1.807) is 0 Å². The fraction of sp³-hybridized carbons (Fsp3) is 0.647. The van der Waals surface area contributed by atoms with Crippen LogP contribution < -0.4 is 10.5 Å². The Labute approximate surface area is 126 Å². The molecule has 2 atom stereocenters. The van der Waals surface area contributed by atoms with Gasteiger partial charge in [0.05, 0.1) is 13.2 Å². The number of hydrogen-bond donors (Lipinski definition) is 1. The predicted octanol–water partition coefficient (Wildman–Crippen LogP) is 2.81. The first kappa shape index (κ1) is 14.8. The second-order valence-corrected chi connectivity index (χ2v) is 6.40. The largest absolute Gasteiger partial charge is 0.489 e. The molecule has 21 heavy (non-hydrogen) atoms. The van der Waals surface area contributed by atoms with Crippen molar-refractivity contribution in [3.05, 3.63) is 29.8 Å². The zero-order valence-electron chi connectivity index (χ0n) is 12.9. The Bertz CT molecular complexity index is 483. The van der Waals surface area contributed by atoms with Gasteiger partial charge in [0.2, 0.25) is 0 Å². The van der Waals surface area contributed by atoms with Gasteiger partial charge in [0, 0.05) is 18.9 Å². The average molecular weight is 291 g/mol. The summed E-state index contributed by atoms with van der Waals surface area (Å²) in [5, 5.41) is 0. The number of benzene rings is 1. The molecule has 2 fully saturated rings. The van der Waals surface area contributed by atoms with Crippen molar-refractivity contribution in [2.24, 2.45) is 5.73 Å². The van der Waals surface area contributed by atoms with Gasteiger partial charge in [0.25, 0.3) is 0 Å². The molecule has 1 aromatic rings. The van der Waals surface area contributed by atoms with Gasteiger partial charge in [-0.15, -0.1) is 0 Å². The zero-order chi connectivity index (χ0) is 14.9. The quantitative estimate of drug-likeness (QED) is 0.930. The van der Waals surface area contributed by atoms with E-state index in [0.717, 1.165) is 18.6 Å². The number of rotatable bonds is 3. The van der Waals surface area contributed by atoms with Crippen LogP contribution in [-0.2, 0) is 9.47 Å². The maximum Gasteiger partial charge on any atom is 0.172 e. The van der Waals surface area contributed by atoms with Gasteiger partial charge in [-0.3, -0.25) is 0 Å². The highest BCUT2D eigenvalue weighted by Gasteiger charge is 2.45. The lowest BCUT2D eigenvalue weighted by atomic mass is 9.88. The van der Waals surface area contributed by atoms with E-state index in [2.05, 4.69) is 26.0 Å². The Morgan fingerprint density at radius 3 is 2.76 bits per heavy atom. The molecule has 1 saturated heterocycles. The van der Waals surface area contributed by atoms with Crippen molar-refractivity contribution in [3.8, 4) is 5.75 Å². The van der Waals surface area contributed by atoms with Crippen LogP contribution in [0.25, 0.3) is 0 Å². The molecule has 0 amide bonds. The standard InChI is InChI=1S/C17H25NO3/c1-12(2)13-4-3-5-14(10-13)21-16-11-17(7-6-15(16)18)19-8-9-20-17/h3-5,10,12,15-16H,6-9,11,18H2,1-2H3. The molecule has 0 radical (unpaired) electrons. The number of ether oxygens (including phenoxy) is 3. The summed E-state index contributed by atoms with van der Waals surface area (Å²) < 4.78 is 17.8. The van der Waals surface area contributed by atoms with E-state index in [1.807, 2.05) is 12.1 Å². The molecule has 0 bridgehead atoms. The molecule has 4 heteroatoms. The highest BCUT2D eigenvalue weighted by molar-refractivity contribution is 5.30. The van der Waals surface area contributed by atoms with E-state index < -0.39 is 5.79 Å².